The van der Waals surface area contributed by atoms with Crippen LogP contribution in [0.2, 0.25) is 0 Å². The van der Waals surface area contributed by atoms with Crippen molar-refractivity contribution in [3.63, 3.8) is 0 Å². The minimum Gasteiger partial charge on any atom is -0.390 e. The minimum atomic E-state index is -1.97. The fraction of sp³-hybridized carbons (Fsp3) is 0.750. The van der Waals surface area contributed by atoms with Crippen LogP contribution in [0, 0.1) is 28.6 Å². The summed E-state index contributed by atoms with van der Waals surface area (Å²) in [7, 11) is 1.45. The first-order valence-electron chi connectivity index (χ1n) is 11.1. The molecule has 3 fully saturated rings. The number of rotatable bonds is 5. The second kappa shape index (κ2) is 7.30. The topological polar surface area (TPSA) is 93.1 Å². The first-order chi connectivity index (χ1) is 14.5. The van der Waals surface area contributed by atoms with E-state index in [4.69, 9.17) is 9.47 Å². The van der Waals surface area contributed by atoms with Crippen molar-refractivity contribution < 1.29 is 33.7 Å². The summed E-state index contributed by atoms with van der Waals surface area (Å²) in [5.74, 6) is -1.83. The van der Waals surface area contributed by atoms with Gasteiger partial charge >= 0.3 is 0 Å². The molecule has 0 aromatic carbocycles. The van der Waals surface area contributed by atoms with Gasteiger partial charge < -0.3 is 19.7 Å². The van der Waals surface area contributed by atoms with E-state index in [-0.39, 0.29) is 31.5 Å². The highest BCUT2D eigenvalue weighted by molar-refractivity contribution is 6.01. The van der Waals surface area contributed by atoms with Gasteiger partial charge in [0, 0.05) is 23.9 Å². The van der Waals surface area contributed by atoms with Gasteiger partial charge in [0.25, 0.3) is 0 Å². The molecule has 0 aromatic heterocycles. The molecule has 0 bridgehead atoms. The number of carbonyl (C=O) groups is 2. The molecule has 0 spiro atoms. The van der Waals surface area contributed by atoms with Crippen LogP contribution in [0.5, 0.6) is 0 Å². The average Bonchev–Trinajstić information content (AvgIpc) is 2.91. The monoisotopic (exact) mass is 436 g/mol. The van der Waals surface area contributed by atoms with Crippen molar-refractivity contribution in [3.05, 3.63) is 23.8 Å². The number of hydrogen-bond acceptors (Lipinski definition) is 6. The van der Waals surface area contributed by atoms with Gasteiger partial charge in [-0.1, -0.05) is 25.5 Å². The Labute approximate surface area is 182 Å². The smallest absolute Gasteiger partial charge is 0.190 e. The zero-order valence-electron chi connectivity index (χ0n) is 18.7. The molecule has 0 saturated heterocycles. The van der Waals surface area contributed by atoms with Crippen LogP contribution in [0.1, 0.15) is 46.5 Å². The van der Waals surface area contributed by atoms with Gasteiger partial charge in [-0.05, 0) is 56.6 Å². The van der Waals surface area contributed by atoms with Gasteiger partial charge in [0.2, 0.25) is 0 Å². The van der Waals surface area contributed by atoms with E-state index in [1.165, 1.54) is 19.3 Å². The lowest BCUT2D eigenvalue weighted by Gasteiger charge is -2.62. The second-order valence-corrected chi connectivity index (χ2v) is 10.3. The summed E-state index contributed by atoms with van der Waals surface area (Å²) < 4.78 is 27.1. The summed E-state index contributed by atoms with van der Waals surface area (Å²) in [5, 5.41) is 23.0. The van der Waals surface area contributed by atoms with Gasteiger partial charge in [0.1, 0.15) is 19.0 Å². The van der Waals surface area contributed by atoms with Crippen molar-refractivity contribution >= 4 is 11.6 Å². The number of Topliss-reactive ketones (excluding diaryl/α,β-unsaturated/α-hetero) is 1. The quantitative estimate of drug-likeness (QED) is 0.508. The van der Waals surface area contributed by atoms with Crippen molar-refractivity contribution in [2.45, 2.75) is 63.8 Å². The Morgan fingerprint density at radius 2 is 2.03 bits per heavy atom. The zero-order valence-corrected chi connectivity index (χ0v) is 18.7. The van der Waals surface area contributed by atoms with Gasteiger partial charge in [-0.3, -0.25) is 9.59 Å². The molecule has 0 amide bonds. The van der Waals surface area contributed by atoms with Crippen LogP contribution < -0.4 is 0 Å². The summed E-state index contributed by atoms with van der Waals surface area (Å²) in [5.41, 5.74) is -5.04. The summed E-state index contributed by atoms with van der Waals surface area (Å²) in [6, 6.07) is 0. The van der Waals surface area contributed by atoms with Crippen molar-refractivity contribution in [1.29, 1.82) is 0 Å². The molecule has 4 aliphatic carbocycles. The third-order valence-electron chi connectivity index (χ3n) is 9.08. The Bertz CT molecular complexity index is 853. The predicted octanol–water partition coefficient (Wildman–Crippen LogP) is 2.52. The van der Waals surface area contributed by atoms with Crippen LogP contribution in [0.4, 0.5) is 4.39 Å². The number of aliphatic hydroxyl groups is 2. The maximum atomic E-state index is 17.0. The first-order valence-corrected chi connectivity index (χ1v) is 11.1. The number of alkyl halides is 1. The molecule has 2 N–H and O–H groups in total. The molecule has 172 valence electrons. The molecule has 0 aliphatic heterocycles. The zero-order chi connectivity index (χ0) is 22.8. The Morgan fingerprint density at radius 1 is 1.32 bits per heavy atom. The number of ketones is 2. The van der Waals surface area contributed by atoms with E-state index in [1.807, 2.05) is 13.8 Å². The Morgan fingerprint density at radius 3 is 2.71 bits per heavy atom. The number of allylic oxidation sites excluding steroid dienone is 4. The standard InChI is InChI=1S/C24H33FO6/c1-14-9-18-17-6-5-15-10-16(26)7-8-21(15,2)23(17,25)19(27)11-22(18,3)24(14,29)20(28)12-31-13-30-4/h7-8,10,14,17-19,27,29H,5-6,9,11-13H2,1-4H3/t14-,17+,18+,19+,21+,22+,23+,24+/m1/s1. The fourth-order valence-electron chi connectivity index (χ4n) is 7.47. The van der Waals surface area contributed by atoms with E-state index in [9.17, 15) is 19.8 Å². The van der Waals surface area contributed by atoms with Crippen LogP contribution in [0.15, 0.2) is 23.8 Å². The molecular formula is C24H33FO6. The summed E-state index contributed by atoms with van der Waals surface area (Å²) >= 11 is 0. The highest BCUT2D eigenvalue weighted by Crippen LogP contribution is 2.70. The van der Waals surface area contributed by atoms with E-state index in [1.54, 1.807) is 13.0 Å². The van der Waals surface area contributed by atoms with E-state index >= 15 is 4.39 Å². The number of ether oxygens (including phenoxy) is 2. The highest BCUT2D eigenvalue weighted by Gasteiger charge is 2.75. The van der Waals surface area contributed by atoms with Gasteiger partial charge in [-0.15, -0.1) is 0 Å². The Kier molecular flexibility index (Phi) is 5.36. The van der Waals surface area contributed by atoms with Gasteiger partial charge in [-0.25, -0.2) is 4.39 Å². The molecule has 0 unspecified atom stereocenters. The van der Waals surface area contributed by atoms with Crippen molar-refractivity contribution in [2.24, 2.45) is 28.6 Å². The minimum absolute atomic E-state index is 0.0355. The fourth-order valence-corrected chi connectivity index (χ4v) is 7.47. The molecule has 6 nitrogen and oxygen atoms in total. The van der Waals surface area contributed by atoms with Crippen LogP contribution in [-0.2, 0) is 19.1 Å². The average molecular weight is 437 g/mol. The van der Waals surface area contributed by atoms with Crippen molar-refractivity contribution in [2.75, 3.05) is 20.5 Å². The van der Waals surface area contributed by atoms with Gasteiger partial charge in [-0.2, -0.15) is 0 Å². The number of carbonyl (C=O) groups excluding carboxylic acids is 2. The first kappa shape index (κ1) is 22.8. The number of methoxy groups -OCH3 is 1. The highest BCUT2D eigenvalue weighted by atomic mass is 19.1. The summed E-state index contributed by atoms with van der Waals surface area (Å²) in [6.45, 7) is 5.03. The SMILES string of the molecule is COCOCC(=O)[C@@]1(O)[C@H](C)C[C@H]2[C@@H]3CCC4=CC(=O)C=C[C@]4(C)[C@@]3(F)[C@@H](O)C[C@@]21C. The molecule has 31 heavy (non-hydrogen) atoms. The molecule has 4 rings (SSSR count). The van der Waals surface area contributed by atoms with E-state index in [0.29, 0.717) is 24.8 Å². The molecule has 3 saturated carbocycles. The molecule has 8 atom stereocenters. The van der Waals surface area contributed by atoms with Gasteiger partial charge in [0.05, 0.1) is 6.10 Å². The van der Waals surface area contributed by atoms with Crippen LogP contribution in [0.3, 0.4) is 0 Å². The molecule has 0 aromatic rings. The largest absolute Gasteiger partial charge is 0.390 e. The third kappa shape index (κ3) is 2.76. The van der Waals surface area contributed by atoms with E-state index < -0.39 is 45.8 Å². The number of fused-ring (bicyclic) bond motifs is 5. The van der Waals surface area contributed by atoms with Crippen LogP contribution in [0.25, 0.3) is 0 Å². The van der Waals surface area contributed by atoms with Crippen LogP contribution >= 0.6 is 0 Å². The lowest BCUT2D eigenvalue weighted by molar-refractivity contribution is -0.220. The molecule has 7 heteroatoms. The Hall–Kier alpha value is -1.41. The Balaban J connectivity index is 1.73. The number of halogens is 1. The van der Waals surface area contributed by atoms with E-state index in [0.717, 1.165) is 0 Å². The van der Waals surface area contributed by atoms with Crippen molar-refractivity contribution in [1.82, 2.24) is 0 Å². The summed E-state index contributed by atoms with van der Waals surface area (Å²) in [4.78, 5) is 25.0. The summed E-state index contributed by atoms with van der Waals surface area (Å²) in [6.07, 6.45) is 4.59. The third-order valence-corrected chi connectivity index (χ3v) is 9.08. The van der Waals surface area contributed by atoms with Gasteiger partial charge in [0.15, 0.2) is 17.2 Å². The second-order valence-electron chi connectivity index (χ2n) is 10.3. The molecule has 0 radical (unpaired) electrons. The molecule has 0 heterocycles. The molecular weight excluding hydrogens is 403 g/mol. The predicted molar refractivity (Wildman–Crippen MR) is 111 cm³/mol. The van der Waals surface area contributed by atoms with Crippen LogP contribution in [-0.4, -0.2) is 59.7 Å². The lowest BCUT2D eigenvalue weighted by Crippen LogP contribution is -2.69. The number of aliphatic hydroxyl groups excluding tert-OH is 1. The lowest BCUT2D eigenvalue weighted by atomic mass is 9.44. The maximum absolute atomic E-state index is 17.0. The van der Waals surface area contributed by atoms with E-state index in [2.05, 4.69) is 0 Å². The molecule has 4 aliphatic rings. The maximum Gasteiger partial charge on any atom is 0.190 e. The van der Waals surface area contributed by atoms with Crippen molar-refractivity contribution in [3.8, 4) is 0 Å². The number of hydrogen-bond donors (Lipinski definition) is 2. The normalized spacial score (nSPS) is 48.6.